The predicted molar refractivity (Wildman–Crippen MR) is 135 cm³/mol. The second-order valence-corrected chi connectivity index (χ2v) is 9.60. The Morgan fingerprint density at radius 1 is 0.950 bits per heavy atom. The molecule has 1 aromatic carbocycles. The van der Waals surface area contributed by atoms with Crippen LogP contribution in [0.1, 0.15) is 48.8 Å². The maximum atomic E-state index is 13.3. The molecule has 2 aromatic rings. The lowest BCUT2D eigenvalue weighted by atomic mass is 9.87. The van der Waals surface area contributed by atoms with Crippen molar-refractivity contribution in [1.82, 2.24) is 14.8 Å². The van der Waals surface area contributed by atoms with Crippen LogP contribution in [0.15, 0.2) is 42.6 Å². The number of halogens is 3. The van der Waals surface area contributed by atoms with Crippen molar-refractivity contribution in [3.8, 4) is 0 Å². The van der Waals surface area contributed by atoms with Gasteiger partial charge >= 0.3 is 18.1 Å². The van der Waals surface area contributed by atoms with Gasteiger partial charge < -0.3 is 25.7 Å². The molecule has 1 amide bonds. The zero-order valence-electron chi connectivity index (χ0n) is 21.4. The topological polar surface area (TPSA) is 164 Å². The molecule has 1 saturated carbocycles. The molecular weight excluding hydrogens is 537 g/mol. The van der Waals surface area contributed by atoms with Crippen LogP contribution < -0.4 is 5.32 Å². The number of carbonyl (C=O) groups excluding carboxylic acids is 1. The van der Waals surface area contributed by atoms with Gasteiger partial charge in [0.25, 0.3) is 0 Å². The number of aliphatic carboxylic acids is 2. The number of anilines is 1. The Balaban J connectivity index is 1.86. The highest BCUT2D eigenvalue weighted by Crippen LogP contribution is 2.33. The number of nitrogens with zero attached hydrogens (tertiary/aromatic N) is 3. The Morgan fingerprint density at radius 2 is 1.57 bits per heavy atom. The van der Waals surface area contributed by atoms with Crippen LogP contribution in [0.25, 0.3) is 0 Å². The maximum absolute atomic E-state index is 13.3. The highest BCUT2D eigenvalue weighted by Gasteiger charge is 2.37. The first-order chi connectivity index (χ1) is 18.8. The summed E-state index contributed by atoms with van der Waals surface area (Å²) < 4.78 is 39.9. The van der Waals surface area contributed by atoms with Crippen LogP contribution in [0.2, 0.25) is 0 Å². The number of aromatic nitrogens is 1. The van der Waals surface area contributed by atoms with Gasteiger partial charge in [-0.25, -0.2) is 0 Å². The van der Waals surface area contributed by atoms with Crippen molar-refractivity contribution < 1.29 is 48.0 Å². The van der Waals surface area contributed by atoms with E-state index in [2.05, 4.69) is 10.3 Å². The standard InChI is InChI=1S/C26H31F3N4O7/c27-26(28,29)17-9-16(25(39)40)10-19(11-17)31-22(34)13-33(15-24(37)38)21-7-2-1-6-20(21)32(14-23(35)36)12-18-5-3-4-8-30-18/h3-5,8-11,20-21,25,39-40H,1-2,6-7,12-15H2,(H,31,34)(H,35,36)(H,37,38)/t20-,21?/m0/s1. The van der Waals surface area contributed by atoms with E-state index in [-0.39, 0.29) is 18.8 Å². The fourth-order valence-electron chi connectivity index (χ4n) is 4.99. The molecule has 218 valence electrons. The summed E-state index contributed by atoms with van der Waals surface area (Å²) in [6.45, 7) is -1.24. The Bertz CT molecular complexity index is 1180. The summed E-state index contributed by atoms with van der Waals surface area (Å²) in [6, 6.07) is 6.38. The number of nitrogens with one attached hydrogen (secondary N) is 1. The van der Waals surface area contributed by atoms with Gasteiger partial charge in [0.05, 0.1) is 30.9 Å². The third-order valence-corrected chi connectivity index (χ3v) is 6.61. The van der Waals surface area contributed by atoms with Crippen molar-refractivity contribution >= 4 is 23.5 Å². The minimum Gasteiger partial charge on any atom is -0.480 e. The largest absolute Gasteiger partial charge is 0.480 e. The number of aliphatic hydroxyl groups excluding tert-OH is 1. The van der Waals surface area contributed by atoms with Gasteiger partial charge in [0.15, 0.2) is 6.29 Å². The molecular formula is C26H31F3N4O7. The number of rotatable bonds is 12. The molecule has 11 nitrogen and oxygen atoms in total. The number of carboxylic acids is 2. The van der Waals surface area contributed by atoms with Gasteiger partial charge in [-0.3, -0.25) is 29.2 Å². The van der Waals surface area contributed by atoms with Crippen LogP contribution in [0.5, 0.6) is 0 Å². The van der Waals surface area contributed by atoms with E-state index in [0.29, 0.717) is 37.1 Å². The average Bonchev–Trinajstić information content (AvgIpc) is 2.87. The summed E-state index contributed by atoms with van der Waals surface area (Å²) >= 11 is 0. The number of aliphatic hydroxyl groups is 2. The van der Waals surface area contributed by atoms with Gasteiger partial charge in [-0.2, -0.15) is 13.2 Å². The minimum absolute atomic E-state index is 0.178. The molecule has 1 aliphatic rings. The van der Waals surface area contributed by atoms with Crippen molar-refractivity contribution in [1.29, 1.82) is 0 Å². The summed E-state index contributed by atoms with van der Waals surface area (Å²) in [7, 11) is 0. The molecule has 1 aliphatic carbocycles. The van der Waals surface area contributed by atoms with E-state index in [9.17, 15) is 48.0 Å². The molecule has 3 rings (SSSR count). The Hall–Kier alpha value is -3.59. The molecule has 14 heteroatoms. The number of alkyl halides is 3. The number of pyridine rings is 1. The van der Waals surface area contributed by atoms with E-state index in [1.165, 1.54) is 4.90 Å². The molecule has 40 heavy (non-hydrogen) atoms. The molecule has 1 fully saturated rings. The van der Waals surface area contributed by atoms with Gasteiger partial charge in [-0.1, -0.05) is 18.9 Å². The van der Waals surface area contributed by atoms with Gasteiger partial charge in [-0.15, -0.1) is 0 Å². The van der Waals surface area contributed by atoms with E-state index in [1.807, 2.05) is 0 Å². The Kier molecular flexibility index (Phi) is 10.6. The van der Waals surface area contributed by atoms with Crippen LogP contribution in [-0.2, 0) is 27.1 Å². The molecule has 5 N–H and O–H groups in total. The molecule has 2 atom stereocenters. The average molecular weight is 569 g/mol. The monoisotopic (exact) mass is 568 g/mol. The first kappa shape index (κ1) is 30.9. The zero-order valence-corrected chi connectivity index (χ0v) is 21.4. The molecule has 1 unspecified atom stereocenters. The van der Waals surface area contributed by atoms with Gasteiger partial charge in [0, 0.05) is 36.1 Å². The first-order valence-electron chi connectivity index (χ1n) is 12.5. The first-order valence-corrected chi connectivity index (χ1v) is 12.5. The number of amides is 1. The number of hydrogen-bond acceptors (Lipinski definition) is 8. The third-order valence-electron chi connectivity index (χ3n) is 6.61. The second kappa shape index (κ2) is 13.7. The fraction of sp³-hybridized carbons (Fsp3) is 0.462. The SMILES string of the molecule is O=C(O)CN(CC(=O)Nc1cc(C(O)O)cc(C(F)(F)F)c1)C1CCCC[C@@H]1N(CC(=O)O)Cc1ccccn1. The number of hydrogen-bond donors (Lipinski definition) is 5. The van der Waals surface area contributed by atoms with Crippen LogP contribution in [0.3, 0.4) is 0 Å². The molecule has 1 heterocycles. The smallest absolute Gasteiger partial charge is 0.416 e. The zero-order chi connectivity index (χ0) is 29.4. The summed E-state index contributed by atoms with van der Waals surface area (Å²) in [6.07, 6.45) is -3.01. The summed E-state index contributed by atoms with van der Waals surface area (Å²) in [5.74, 6) is -3.15. The molecule has 0 bridgehead atoms. The Labute approximate surface area is 227 Å². The van der Waals surface area contributed by atoms with Crippen LogP contribution >= 0.6 is 0 Å². The molecule has 0 radical (unpaired) electrons. The highest BCUT2D eigenvalue weighted by atomic mass is 19.4. The third kappa shape index (κ3) is 8.98. The molecule has 0 saturated heterocycles. The van der Waals surface area contributed by atoms with Crippen LogP contribution in [0.4, 0.5) is 18.9 Å². The van der Waals surface area contributed by atoms with E-state index < -0.39 is 66.6 Å². The summed E-state index contributed by atoms with van der Waals surface area (Å²) in [5.41, 5.74) is -1.43. The van der Waals surface area contributed by atoms with Crippen molar-refractivity contribution in [2.75, 3.05) is 25.0 Å². The molecule has 0 spiro atoms. The lowest BCUT2D eigenvalue weighted by molar-refractivity contribution is -0.143. The number of benzene rings is 1. The van der Waals surface area contributed by atoms with Crippen molar-refractivity contribution in [2.24, 2.45) is 0 Å². The number of carbonyl (C=O) groups is 3. The van der Waals surface area contributed by atoms with Crippen LogP contribution in [-0.4, -0.2) is 84.8 Å². The van der Waals surface area contributed by atoms with E-state index >= 15 is 0 Å². The van der Waals surface area contributed by atoms with Gasteiger partial charge in [0.1, 0.15) is 0 Å². The fourth-order valence-corrected chi connectivity index (χ4v) is 4.99. The molecule has 0 aliphatic heterocycles. The van der Waals surface area contributed by atoms with Crippen molar-refractivity contribution in [2.45, 2.75) is 56.8 Å². The summed E-state index contributed by atoms with van der Waals surface area (Å²) in [4.78, 5) is 43.7. The Morgan fingerprint density at radius 3 is 2.12 bits per heavy atom. The summed E-state index contributed by atoms with van der Waals surface area (Å²) in [5, 5.41) is 40.2. The number of carboxylic acid groups (broad SMARTS) is 2. The van der Waals surface area contributed by atoms with E-state index in [1.54, 1.807) is 29.3 Å². The lowest BCUT2D eigenvalue weighted by Crippen LogP contribution is -2.56. The van der Waals surface area contributed by atoms with Gasteiger partial charge in [0.2, 0.25) is 5.91 Å². The lowest BCUT2D eigenvalue weighted by Gasteiger charge is -2.44. The quantitative estimate of drug-likeness (QED) is 0.240. The van der Waals surface area contributed by atoms with Crippen molar-refractivity contribution in [3.05, 3.63) is 59.4 Å². The predicted octanol–water partition coefficient (Wildman–Crippen LogP) is 2.31. The van der Waals surface area contributed by atoms with Gasteiger partial charge in [-0.05, 0) is 43.2 Å². The normalized spacial score (nSPS) is 17.8. The molecule has 1 aromatic heterocycles. The maximum Gasteiger partial charge on any atom is 0.416 e. The van der Waals surface area contributed by atoms with E-state index in [0.717, 1.165) is 12.5 Å². The second-order valence-electron chi connectivity index (χ2n) is 9.60. The van der Waals surface area contributed by atoms with Crippen LogP contribution in [0, 0.1) is 0 Å². The highest BCUT2D eigenvalue weighted by molar-refractivity contribution is 5.92. The van der Waals surface area contributed by atoms with Crippen molar-refractivity contribution in [3.63, 3.8) is 0 Å². The van der Waals surface area contributed by atoms with E-state index in [4.69, 9.17) is 0 Å². The minimum atomic E-state index is -4.82.